The van der Waals surface area contributed by atoms with E-state index in [1.54, 1.807) is 6.08 Å². The third-order valence-corrected chi connectivity index (χ3v) is 1.71. The molecule has 58 valence electrons. The number of allylic oxidation sites excluding steroid dienone is 1. The average Bonchev–Trinajstić information content (AvgIpc) is 1.87. The molecule has 0 fully saturated rings. The summed E-state index contributed by atoms with van der Waals surface area (Å²) >= 11 is 5.64. The molecule has 0 bridgehead atoms. The number of halogens is 1. The number of hydrogen-bond donors (Lipinski definition) is 0. The van der Waals surface area contributed by atoms with Gasteiger partial charge in [0.05, 0.1) is 6.04 Å². The van der Waals surface area contributed by atoms with Crippen LogP contribution in [0.15, 0.2) is 17.6 Å². The van der Waals surface area contributed by atoms with Crippen molar-refractivity contribution in [3.05, 3.63) is 12.7 Å². The normalized spacial score (nSPS) is 15.5. The van der Waals surface area contributed by atoms with Gasteiger partial charge in [0, 0.05) is 0 Å². The Morgan fingerprint density at radius 1 is 1.50 bits per heavy atom. The van der Waals surface area contributed by atoms with Gasteiger partial charge in [-0.3, -0.25) is 4.99 Å². The molecule has 0 unspecified atom stereocenters. The van der Waals surface area contributed by atoms with Gasteiger partial charge in [-0.25, -0.2) is 0 Å². The van der Waals surface area contributed by atoms with E-state index in [1.807, 2.05) is 6.92 Å². The highest BCUT2D eigenvalue weighted by atomic mass is 35.5. The molecule has 0 aromatic carbocycles. The molecule has 0 radical (unpaired) electrons. The number of rotatable bonds is 3. The molecule has 0 heterocycles. The molecule has 0 aliphatic heterocycles. The van der Waals surface area contributed by atoms with Crippen molar-refractivity contribution in [1.29, 1.82) is 0 Å². The number of aliphatic imine (C=N–C) groups is 1. The first kappa shape index (κ1) is 9.70. The molecule has 0 N–H and O–H groups in total. The summed E-state index contributed by atoms with van der Waals surface area (Å²) in [7, 11) is 0. The van der Waals surface area contributed by atoms with E-state index in [2.05, 4.69) is 25.4 Å². The van der Waals surface area contributed by atoms with Crippen LogP contribution < -0.4 is 0 Å². The van der Waals surface area contributed by atoms with E-state index in [0.29, 0.717) is 11.1 Å². The Labute approximate surface area is 67.8 Å². The number of nitrogens with zero attached hydrogens (tertiary/aromatic N) is 1. The van der Waals surface area contributed by atoms with Crippen LogP contribution in [0.2, 0.25) is 0 Å². The quantitative estimate of drug-likeness (QED) is 0.562. The smallest absolute Gasteiger partial charge is 0.123 e. The van der Waals surface area contributed by atoms with Gasteiger partial charge in [0.1, 0.15) is 5.17 Å². The Kier molecular flexibility index (Phi) is 4.37. The molecule has 0 spiro atoms. The van der Waals surface area contributed by atoms with Crippen LogP contribution in [0.3, 0.4) is 0 Å². The second kappa shape index (κ2) is 4.51. The zero-order chi connectivity index (χ0) is 8.15. The summed E-state index contributed by atoms with van der Waals surface area (Å²) in [5, 5.41) is 0.501. The van der Waals surface area contributed by atoms with Crippen molar-refractivity contribution < 1.29 is 0 Å². The molecule has 0 amide bonds. The van der Waals surface area contributed by atoms with Crippen LogP contribution in [0.1, 0.15) is 20.8 Å². The lowest BCUT2D eigenvalue weighted by atomic mass is 10.1. The summed E-state index contributed by atoms with van der Waals surface area (Å²) in [6.07, 6.45) is 1.56. The van der Waals surface area contributed by atoms with E-state index in [4.69, 9.17) is 11.6 Å². The van der Waals surface area contributed by atoms with E-state index >= 15 is 0 Å². The van der Waals surface area contributed by atoms with Crippen LogP contribution in [0.25, 0.3) is 0 Å². The second-order valence-electron chi connectivity index (χ2n) is 2.64. The average molecular weight is 160 g/mol. The van der Waals surface area contributed by atoms with E-state index in [9.17, 15) is 0 Å². The third kappa shape index (κ3) is 3.67. The molecule has 0 aliphatic carbocycles. The van der Waals surface area contributed by atoms with E-state index < -0.39 is 0 Å². The maximum absolute atomic E-state index is 5.64. The Balaban J connectivity index is 3.98. The summed E-state index contributed by atoms with van der Waals surface area (Å²) in [6, 6.07) is 0.283. The van der Waals surface area contributed by atoms with Crippen LogP contribution in [0, 0.1) is 5.92 Å². The van der Waals surface area contributed by atoms with E-state index in [0.717, 1.165) is 0 Å². The molecule has 0 aromatic heterocycles. The Morgan fingerprint density at radius 3 is 2.30 bits per heavy atom. The minimum atomic E-state index is 0.283. The lowest BCUT2D eigenvalue weighted by molar-refractivity contribution is 0.532. The van der Waals surface area contributed by atoms with Crippen molar-refractivity contribution in [2.75, 3.05) is 0 Å². The molecule has 1 atom stereocenters. The zero-order valence-corrected chi connectivity index (χ0v) is 7.52. The summed E-state index contributed by atoms with van der Waals surface area (Å²) in [6.45, 7) is 9.77. The second-order valence-corrected chi connectivity index (χ2v) is 3.03. The molecule has 0 saturated carbocycles. The molecule has 0 aromatic rings. The molecular weight excluding hydrogens is 146 g/mol. The van der Waals surface area contributed by atoms with Crippen molar-refractivity contribution in [1.82, 2.24) is 0 Å². The monoisotopic (exact) mass is 159 g/mol. The molecule has 1 nitrogen and oxygen atoms in total. The molecule has 0 rings (SSSR count). The van der Waals surface area contributed by atoms with Crippen molar-refractivity contribution in [3.63, 3.8) is 0 Å². The van der Waals surface area contributed by atoms with Gasteiger partial charge in [0.25, 0.3) is 0 Å². The zero-order valence-electron chi connectivity index (χ0n) is 6.76. The first-order valence-corrected chi connectivity index (χ1v) is 3.81. The lowest BCUT2D eigenvalue weighted by Gasteiger charge is -2.09. The fraction of sp³-hybridized carbons (Fsp3) is 0.625. The van der Waals surface area contributed by atoms with Gasteiger partial charge in [-0.2, -0.15) is 0 Å². The minimum Gasteiger partial charge on any atom is -0.270 e. The van der Waals surface area contributed by atoms with Gasteiger partial charge in [-0.15, -0.1) is 0 Å². The van der Waals surface area contributed by atoms with Crippen molar-refractivity contribution in [2.24, 2.45) is 10.9 Å². The highest BCUT2D eigenvalue weighted by Crippen LogP contribution is 2.06. The maximum atomic E-state index is 5.64. The SMILES string of the molecule is C=C/C(Cl)=N\[C@H](C)C(C)C. The fourth-order valence-corrected chi connectivity index (χ4v) is 0.550. The van der Waals surface area contributed by atoms with Crippen molar-refractivity contribution in [2.45, 2.75) is 26.8 Å². The van der Waals surface area contributed by atoms with Crippen LogP contribution in [-0.4, -0.2) is 11.2 Å². The third-order valence-electron chi connectivity index (χ3n) is 1.46. The highest BCUT2D eigenvalue weighted by Gasteiger charge is 2.03. The summed E-state index contributed by atoms with van der Waals surface area (Å²) in [5.41, 5.74) is 0. The Bertz CT molecular complexity index is 138. The predicted octanol–water partition coefficient (Wildman–Crippen LogP) is 2.85. The summed E-state index contributed by atoms with van der Waals surface area (Å²) in [4.78, 5) is 4.16. The van der Waals surface area contributed by atoms with Crippen LogP contribution in [0.4, 0.5) is 0 Å². The van der Waals surface area contributed by atoms with Gasteiger partial charge in [-0.05, 0) is 18.9 Å². The van der Waals surface area contributed by atoms with E-state index in [-0.39, 0.29) is 6.04 Å². The van der Waals surface area contributed by atoms with E-state index in [1.165, 1.54) is 0 Å². The number of hydrogen-bond acceptors (Lipinski definition) is 1. The first-order valence-electron chi connectivity index (χ1n) is 3.43. The highest BCUT2D eigenvalue weighted by molar-refractivity contribution is 6.68. The van der Waals surface area contributed by atoms with Crippen LogP contribution in [-0.2, 0) is 0 Å². The molecule has 10 heavy (non-hydrogen) atoms. The predicted molar refractivity (Wildman–Crippen MR) is 47.8 cm³/mol. The van der Waals surface area contributed by atoms with Gasteiger partial charge >= 0.3 is 0 Å². The summed E-state index contributed by atoms with van der Waals surface area (Å²) < 4.78 is 0. The topological polar surface area (TPSA) is 12.4 Å². The largest absolute Gasteiger partial charge is 0.270 e. The van der Waals surface area contributed by atoms with Gasteiger partial charge in [0.2, 0.25) is 0 Å². The van der Waals surface area contributed by atoms with Gasteiger partial charge < -0.3 is 0 Å². The molecule has 0 saturated heterocycles. The van der Waals surface area contributed by atoms with Gasteiger partial charge in [0.15, 0.2) is 0 Å². The Morgan fingerprint density at radius 2 is 2.00 bits per heavy atom. The maximum Gasteiger partial charge on any atom is 0.123 e. The summed E-state index contributed by atoms with van der Waals surface area (Å²) in [5.74, 6) is 0.536. The van der Waals surface area contributed by atoms with Gasteiger partial charge in [-0.1, -0.05) is 32.0 Å². The molecular formula is C8H14ClN. The molecule has 0 aliphatic rings. The first-order chi connectivity index (χ1) is 4.57. The fourth-order valence-electron chi connectivity index (χ4n) is 0.396. The van der Waals surface area contributed by atoms with Crippen molar-refractivity contribution >= 4 is 16.8 Å². The lowest BCUT2D eigenvalue weighted by Crippen LogP contribution is -2.08. The standard InChI is InChI=1S/C8H14ClN/c1-5-8(9)10-7(4)6(2)3/h5-7H,1H2,2-4H3/b10-8+/t7-/m1/s1. The molecule has 2 heteroatoms. The van der Waals surface area contributed by atoms with Crippen LogP contribution in [0.5, 0.6) is 0 Å². The Hall–Kier alpha value is -0.300. The van der Waals surface area contributed by atoms with Crippen molar-refractivity contribution in [3.8, 4) is 0 Å². The van der Waals surface area contributed by atoms with Crippen LogP contribution >= 0.6 is 11.6 Å². The minimum absolute atomic E-state index is 0.283.